The number of ether oxygens (including phenoxy) is 2. The molecule has 4 heteroatoms. The lowest BCUT2D eigenvalue weighted by atomic mass is 9.98. The van der Waals surface area contributed by atoms with Crippen LogP contribution in [0.15, 0.2) is 18.2 Å². The Morgan fingerprint density at radius 2 is 2.14 bits per heavy atom. The van der Waals surface area contributed by atoms with Gasteiger partial charge in [-0.05, 0) is 56.4 Å². The van der Waals surface area contributed by atoms with Crippen LogP contribution in [0, 0.1) is 6.92 Å². The van der Waals surface area contributed by atoms with Crippen molar-refractivity contribution in [3.63, 3.8) is 0 Å². The minimum atomic E-state index is -0.297. The average Bonchev–Trinajstić information content (AvgIpc) is 3.10. The van der Waals surface area contributed by atoms with Gasteiger partial charge in [0.25, 0.3) is 0 Å². The molecule has 2 N–H and O–H groups in total. The van der Waals surface area contributed by atoms with Crippen molar-refractivity contribution in [3.8, 4) is 0 Å². The van der Waals surface area contributed by atoms with Crippen molar-refractivity contribution in [1.82, 2.24) is 0 Å². The van der Waals surface area contributed by atoms with Crippen LogP contribution in [0.1, 0.15) is 54.4 Å². The van der Waals surface area contributed by atoms with Crippen LogP contribution in [0.25, 0.3) is 0 Å². The van der Waals surface area contributed by atoms with Crippen LogP contribution in [-0.2, 0) is 9.47 Å². The van der Waals surface area contributed by atoms with Gasteiger partial charge in [-0.3, -0.25) is 0 Å². The zero-order valence-corrected chi connectivity index (χ0v) is 12.6. The Balaban J connectivity index is 1.53. The van der Waals surface area contributed by atoms with Crippen LogP contribution in [0.4, 0.5) is 5.69 Å². The summed E-state index contributed by atoms with van der Waals surface area (Å²) in [6.07, 6.45) is 7.00. The highest BCUT2D eigenvalue weighted by Gasteiger charge is 2.42. The van der Waals surface area contributed by atoms with Crippen molar-refractivity contribution < 1.29 is 14.3 Å². The lowest BCUT2D eigenvalue weighted by molar-refractivity contribution is -0.0598. The Bertz CT molecular complexity index is 535. The lowest BCUT2D eigenvalue weighted by Gasteiger charge is -2.23. The van der Waals surface area contributed by atoms with E-state index in [0.717, 1.165) is 31.2 Å². The van der Waals surface area contributed by atoms with Gasteiger partial charge in [0.05, 0.1) is 17.3 Å². The first kappa shape index (κ1) is 14.4. The standard InChI is InChI=1S/C17H23NO3/c1-12-10-13(4-5-15(12)18)16(19)20-11-14-6-9-17(21-14)7-2-3-8-17/h4-5,10,14H,2-3,6-9,11,18H2,1H3. The second-order valence-electron chi connectivity index (χ2n) is 6.34. The van der Waals surface area contributed by atoms with Gasteiger partial charge in [-0.1, -0.05) is 12.8 Å². The maximum absolute atomic E-state index is 12.1. The molecule has 4 nitrogen and oxygen atoms in total. The Morgan fingerprint density at radius 1 is 1.38 bits per heavy atom. The maximum Gasteiger partial charge on any atom is 0.338 e. The Hall–Kier alpha value is -1.55. The van der Waals surface area contributed by atoms with Crippen molar-refractivity contribution in [2.45, 2.75) is 57.2 Å². The smallest absolute Gasteiger partial charge is 0.338 e. The van der Waals surface area contributed by atoms with Crippen LogP contribution in [0.5, 0.6) is 0 Å². The summed E-state index contributed by atoms with van der Waals surface area (Å²) in [6, 6.07) is 5.22. The van der Waals surface area contributed by atoms with E-state index in [1.54, 1.807) is 18.2 Å². The van der Waals surface area contributed by atoms with Gasteiger partial charge >= 0.3 is 5.97 Å². The SMILES string of the molecule is Cc1cc(C(=O)OCC2CCC3(CCCC3)O2)ccc1N. The van der Waals surface area contributed by atoms with E-state index in [1.807, 2.05) is 6.92 Å². The van der Waals surface area contributed by atoms with Crippen LogP contribution >= 0.6 is 0 Å². The summed E-state index contributed by atoms with van der Waals surface area (Å²) in [5, 5.41) is 0. The lowest BCUT2D eigenvalue weighted by Crippen LogP contribution is -2.27. The van der Waals surface area contributed by atoms with E-state index in [-0.39, 0.29) is 17.7 Å². The summed E-state index contributed by atoms with van der Waals surface area (Å²) in [5.74, 6) is -0.297. The van der Waals surface area contributed by atoms with Crippen LogP contribution in [-0.4, -0.2) is 24.3 Å². The summed E-state index contributed by atoms with van der Waals surface area (Å²) in [4.78, 5) is 12.1. The van der Waals surface area contributed by atoms with E-state index in [1.165, 1.54) is 12.8 Å². The van der Waals surface area contributed by atoms with Crippen LogP contribution < -0.4 is 5.73 Å². The normalized spacial score (nSPS) is 23.6. The summed E-state index contributed by atoms with van der Waals surface area (Å²) in [5.41, 5.74) is 7.98. The molecule has 2 fully saturated rings. The molecule has 3 rings (SSSR count). The van der Waals surface area contributed by atoms with E-state index in [0.29, 0.717) is 17.9 Å². The zero-order valence-electron chi connectivity index (χ0n) is 12.6. The zero-order chi connectivity index (χ0) is 14.9. The fourth-order valence-electron chi connectivity index (χ4n) is 3.45. The van der Waals surface area contributed by atoms with E-state index in [9.17, 15) is 4.79 Å². The molecule has 1 heterocycles. The molecule has 1 aliphatic carbocycles. The van der Waals surface area contributed by atoms with Gasteiger partial charge in [-0.2, -0.15) is 0 Å². The second-order valence-corrected chi connectivity index (χ2v) is 6.34. The molecule has 114 valence electrons. The summed E-state index contributed by atoms with van der Waals surface area (Å²) in [7, 11) is 0. The minimum Gasteiger partial charge on any atom is -0.459 e. The van der Waals surface area contributed by atoms with Gasteiger partial charge in [0, 0.05) is 5.69 Å². The predicted octanol–water partition coefficient (Wildman–Crippen LogP) is 3.23. The summed E-state index contributed by atoms with van der Waals surface area (Å²) in [6.45, 7) is 2.24. The topological polar surface area (TPSA) is 61.5 Å². The number of nitrogen functional groups attached to an aromatic ring is 1. The van der Waals surface area contributed by atoms with E-state index in [4.69, 9.17) is 15.2 Å². The average molecular weight is 289 g/mol. The van der Waals surface area contributed by atoms with Crippen LogP contribution in [0.3, 0.4) is 0 Å². The fourth-order valence-corrected chi connectivity index (χ4v) is 3.45. The summed E-state index contributed by atoms with van der Waals surface area (Å²) < 4.78 is 11.5. The molecule has 1 atom stereocenters. The number of rotatable bonds is 3. The first-order valence-corrected chi connectivity index (χ1v) is 7.79. The number of nitrogens with two attached hydrogens (primary N) is 1. The van der Waals surface area contributed by atoms with Gasteiger partial charge < -0.3 is 15.2 Å². The van der Waals surface area contributed by atoms with Gasteiger partial charge in [-0.15, -0.1) is 0 Å². The highest BCUT2D eigenvalue weighted by molar-refractivity contribution is 5.90. The van der Waals surface area contributed by atoms with Crippen molar-refractivity contribution in [2.24, 2.45) is 0 Å². The molecular formula is C17H23NO3. The first-order chi connectivity index (χ1) is 10.1. The number of aryl methyl sites for hydroxylation is 1. The Morgan fingerprint density at radius 3 is 2.86 bits per heavy atom. The van der Waals surface area contributed by atoms with Gasteiger partial charge in [0.1, 0.15) is 6.61 Å². The van der Waals surface area contributed by atoms with Crippen LogP contribution in [0.2, 0.25) is 0 Å². The monoisotopic (exact) mass is 289 g/mol. The third-order valence-electron chi connectivity index (χ3n) is 4.76. The molecule has 0 amide bonds. The van der Waals surface area contributed by atoms with E-state index < -0.39 is 0 Å². The Labute approximate surface area is 125 Å². The highest BCUT2D eigenvalue weighted by Crippen LogP contribution is 2.43. The molecule has 1 saturated carbocycles. The maximum atomic E-state index is 12.1. The van der Waals surface area contributed by atoms with Crippen molar-refractivity contribution in [1.29, 1.82) is 0 Å². The molecule has 1 unspecified atom stereocenters. The van der Waals surface area contributed by atoms with Gasteiger partial charge in [0.2, 0.25) is 0 Å². The first-order valence-electron chi connectivity index (χ1n) is 7.79. The molecule has 1 spiro atoms. The molecule has 2 aliphatic rings. The third-order valence-corrected chi connectivity index (χ3v) is 4.76. The number of benzene rings is 1. The number of carbonyl (C=O) groups is 1. The molecule has 0 bridgehead atoms. The molecule has 21 heavy (non-hydrogen) atoms. The minimum absolute atomic E-state index is 0.0573. The number of carbonyl (C=O) groups excluding carboxylic acids is 1. The number of hydrogen-bond donors (Lipinski definition) is 1. The molecular weight excluding hydrogens is 266 g/mol. The van der Waals surface area contributed by atoms with Crippen molar-refractivity contribution in [3.05, 3.63) is 29.3 Å². The Kier molecular flexibility index (Phi) is 3.89. The molecule has 1 aromatic carbocycles. The number of hydrogen-bond acceptors (Lipinski definition) is 4. The second kappa shape index (κ2) is 5.68. The largest absolute Gasteiger partial charge is 0.459 e. The van der Waals surface area contributed by atoms with Gasteiger partial charge in [-0.25, -0.2) is 4.79 Å². The number of esters is 1. The molecule has 0 radical (unpaired) electrons. The quantitative estimate of drug-likeness (QED) is 0.685. The molecule has 1 aliphatic heterocycles. The van der Waals surface area contributed by atoms with E-state index in [2.05, 4.69) is 0 Å². The highest BCUT2D eigenvalue weighted by atomic mass is 16.6. The molecule has 1 saturated heterocycles. The molecule has 1 aromatic rings. The van der Waals surface area contributed by atoms with Crippen molar-refractivity contribution in [2.75, 3.05) is 12.3 Å². The predicted molar refractivity (Wildman–Crippen MR) is 81.2 cm³/mol. The fraction of sp³-hybridized carbons (Fsp3) is 0.588. The third kappa shape index (κ3) is 3.05. The number of anilines is 1. The van der Waals surface area contributed by atoms with E-state index >= 15 is 0 Å². The summed E-state index contributed by atoms with van der Waals surface area (Å²) >= 11 is 0. The molecule has 0 aromatic heterocycles. The van der Waals surface area contributed by atoms with Gasteiger partial charge in [0.15, 0.2) is 0 Å². The van der Waals surface area contributed by atoms with Crippen molar-refractivity contribution >= 4 is 11.7 Å².